The monoisotopic (exact) mass is 335 g/mol. The van der Waals surface area contributed by atoms with Crippen LogP contribution in [0, 0.1) is 0 Å². The van der Waals surface area contributed by atoms with E-state index in [4.69, 9.17) is 0 Å². The molecule has 0 amide bonds. The zero-order valence-corrected chi connectivity index (χ0v) is 13.0. The van der Waals surface area contributed by atoms with Crippen LogP contribution in [-0.2, 0) is 0 Å². The van der Waals surface area contributed by atoms with Gasteiger partial charge in [-0.25, -0.2) is 0 Å². The molecule has 0 bridgehead atoms. The van der Waals surface area contributed by atoms with Gasteiger partial charge in [0.05, 0.1) is 11.9 Å². The van der Waals surface area contributed by atoms with Crippen molar-refractivity contribution in [3.8, 4) is 0 Å². The van der Waals surface area contributed by atoms with Crippen LogP contribution >= 0.6 is 15.9 Å². The van der Waals surface area contributed by atoms with Crippen molar-refractivity contribution in [3.63, 3.8) is 0 Å². The summed E-state index contributed by atoms with van der Waals surface area (Å²) in [6.07, 6.45) is 5.12. The Hall–Kier alpha value is -1.69. The zero-order valence-electron chi connectivity index (χ0n) is 11.4. The summed E-state index contributed by atoms with van der Waals surface area (Å²) in [6, 6.07) is 7.88. The van der Waals surface area contributed by atoms with Gasteiger partial charge >= 0.3 is 0 Å². The van der Waals surface area contributed by atoms with Crippen molar-refractivity contribution in [2.45, 2.75) is 26.2 Å². The first-order valence-electron chi connectivity index (χ1n) is 6.74. The summed E-state index contributed by atoms with van der Waals surface area (Å²) >= 11 is 3.49. The van der Waals surface area contributed by atoms with E-state index >= 15 is 0 Å². The average Bonchev–Trinajstić information content (AvgIpc) is 2.47. The first-order valence-corrected chi connectivity index (χ1v) is 7.54. The number of unbranched alkanes of at least 4 members (excludes halogenated alkanes) is 2. The highest BCUT2D eigenvalue weighted by atomic mass is 79.9. The molecule has 0 atom stereocenters. The van der Waals surface area contributed by atoms with Gasteiger partial charge in [-0.2, -0.15) is 10.1 Å². The number of anilines is 3. The van der Waals surface area contributed by atoms with Crippen molar-refractivity contribution in [2.24, 2.45) is 0 Å². The third-order valence-corrected chi connectivity index (χ3v) is 3.45. The first-order chi connectivity index (χ1) is 9.79. The molecule has 0 fully saturated rings. The molecule has 1 aromatic heterocycles. The summed E-state index contributed by atoms with van der Waals surface area (Å²) in [4.78, 5) is 4.39. The van der Waals surface area contributed by atoms with Gasteiger partial charge in [-0.15, -0.1) is 5.10 Å². The van der Waals surface area contributed by atoms with E-state index in [1.54, 1.807) is 6.20 Å². The third kappa shape index (κ3) is 4.45. The predicted molar refractivity (Wildman–Crippen MR) is 85.3 cm³/mol. The highest BCUT2D eigenvalue weighted by Gasteiger charge is 2.03. The minimum Gasteiger partial charge on any atom is -0.353 e. The number of para-hydroxylation sites is 1. The third-order valence-electron chi connectivity index (χ3n) is 2.76. The van der Waals surface area contributed by atoms with E-state index < -0.39 is 0 Å². The Bertz CT molecular complexity index is 547. The maximum atomic E-state index is 4.39. The number of benzene rings is 1. The summed E-state index contributed by atoms with van der Waals surface area (Å²) in [6.45, 7) is 3.05. The van der Waals surface area contributed by atoms with Crippen LogP contribution in [0.3, 0.4) is 0 Å². The van der Waals surface area contributed by atoms with Gasteiger partial charge in [0.15, 0.2) is 5.82 Å². The zero-order chi connectivity index (χ0) is 14.2. The fourth-order valence-electron chi connectivity index (χ4n) is 1.71. The summed E-state index contributed by atoms with van der Waals surface area (Å²) in [5, 5.41) is 14.3. The van der Waals surface area contributed by atoms with Crippen LogP contribution in [0.4, 0.5) is 17.5 Å². The molecular weight excluding hydrogens is 318 g/mol. The van der Waals surface area contributed by atoms with E-state index in [1.807, 2.05) is 24.3 Å². The van der Waals surface area contributed by atoms with Crippen LogP contribution < -0.4 is 10.6 Å². The van der Waals surface area contributed by atoms with Gasteiger partial charge in [-0.3, -0.25) is 0 Å². The van der Waals surface area contributed by atoms with E-state index in [9.17, 15) is 0 Å². The topological polar surface area (TPSA) is 62.7 Å². The van der Waals surface area contributed by atoms with Gasteiger partial charge in [0.2, 0.25) is 5.95 Å². The van der Waals surface area contributed by atoms with Crippen molar-refractivity contribution in [2.75, 3.05) is 17.2 Å². The predicted octanol–water partition coefficient (Wildman–Crippen LogP) is 3.98. The lowest BCUT2D eigenvalue weighted by molar-refractivity contribution is 0.738. The molecular formula is C14H18BrN5. The van der Waals surface area contributed by atoms with Crippen molar-refractivity contribution in [1.29, 1.82) is 0 Å². The van der Waals surface area contributed by atoms with E-state index in [0.717, 1.165) is 23.1 Å². The highest BCUT2D eigenvalue weighted by Crippen LogP contribution is 2.24. The molecule has 0 unspecified atom stereocenters. The van der Waals surface area contributed by atoms with E-state index in [1.165, 1.54) is 12.8 Å². The number of rotatable bonds is 7. The molecule has 0 saturated heterocycles. The molecule has 6 heteroatoms. The molecule has 1 heterocycles. The standard InChI is InChI=1S/C14H18BrN5/c1-2-3-6-9-16-14-19-13(10-17-20-14)18-12-8-5-4-7-11(12)15/h4-5,7-8,10H,2-3,6,9H2,1H3,(H2,16,18,19,20). The van der Waals surface area contributed by atoms with Gasteiger partial charge in [0, 0.05) is 11.0 Å². The number of hydrogen-bond acceptors (Lipinski definition) is 5. The van der Waals surface area contributed by atoms with Gasteiger partial charge in [0.25, 0.3) is 0 Å². The van der Waals surface area contributed by atoms with Crippen LogP contribution in [0.15, 0.2) is 34.9 Å². The molecule has 106 valence electrons. The second kappa shape index (κ2) is 7.79. The maximum Gasteiger partial charge on any atom is 0.244 e. The summed E-state index contributed by atoms with van der Waals surface area (Å²) < 4.78 is 0.982. The molecule has 2 N–H and O–H groups in total. The molecule has 0 spiro atoms. The molecule has 0 saturated carbocycles. The molecule has 20 heavy (non-hydrogen) atoms. The van der Waals surface area contributed by atoms with Gasteiger partial charge in [0.1, 0.15) is 0 Å². The Balaban J connectivity index is 1.97. The van der Waals surface area contributed by atoms with Gasteiger partial charge in [-0.1, -0.05) is 31.9 Å². The summed E-state index contributed by atoms with van der Waals surface area (Å²) in [5.41, 5.74) is 0.949. The Morgan fingerprint density at radius 2 is 2.05 bits per heavy atom. The lowest BCUT2D eigenvalue weighted by atomic mass is 10.2. The fraction of sp³-hybridized carbons (Fsp3) is 0.357. The Labute approximate surface area is 127 Å². The van der Waals surface area contributed by atoms with Crippen molar-refractivity contribution < 1.29 is 0 Å². The lowest BCUT2D eigenvalue weighted by Crippen LogP contribution is -2.07. The Kier molecular flexibility index (Phi) is 5.73. The van der Waals surface area contributed by atoms with Crippen LogP contribution in [0.5, 0.6) is 0 Å². The smallest absolute Gasteiger partial charge is 0.244 e. The number of hydrogen-bond donors (Lipinski definition) is 2. The summed E-state index contributed by atoms with van der Waals surface area (Å²) in [5.74, 6) is 1.23. The normalized spacial score (nSPS) is 10.3. The van der Waals surface area contributed by atoms with Crippen molar-refractivity contribution in [3.05, 3.63) is 34.9 Å². The first kappa shape index (κ1) is 14.7. The van der Waals surface area contributed by atoms with Crippen LogP contribution in [0.2, 0.25) is 0 Å². The number of aromatic nitrogens is 3. The molecule has 0 aliphatic rings. The lowest BCUT2D eigenvalue weighted by Gasteiger charge is -2.08. The molecule has 0 radical (unpaired) electrons. The van der Waals surface area contributed by atoms with E-state index in [0.29, 0.717) is 11.8 Å². The average molecular weight is 336 g/mol. The molecule has 1 aromatic carbocycles. The van der Waals surface area contributed by atoms with Crippen molar-refractivity contribution >= 4 is 33.4 Å². The number of halogens is 1. The van der Waals surface area contributed by atoms with Crippen LogP contribution in [0.1, 0.15) is 26.2 Å². The van der Waals surface area contributed by atoms with E-state index in [2.05, 4.69) is 48.7 Å². The van der Waals surface area contributed by atoms with Gasteiger partial charge in [-0.05, 0) is 34.5 Å². The molecule has 2 aromatic rings. The van der Waals surface area contributed by atoms with Crippen LogP contribution in [-0.4, -0.2) is 21.7 Å². The van der Waals surface area contributed by atoms with Crippen molar-refractivity contribution in [1.82, 2.24) is 15.2 Å². The largest absolute Gasteiger partial charge is 0.353 e. The van der Waals surface area contributed by atoms with E-state index in [-0.39, 0.29) is 0 Å². The quantitative estimate of drug-likeness (QED) is 0.749. The Morgan fingerprint density at radius 3 is 2.85 bits per heavy atom. The second-order valence-corrected chi connectivity index (χ2v) is 5.26. The molecule has 0 aliphatic heterocycles. The number of nitrogens with zero attached hydrogens (tertiary/aromatic N) is 3. The molecule has 0 aliphatic carbocycles. The SMILES string of the molecule is CCCCCNc1nncc(Nc2ccccc2Br)n1. The van der Waals surface area contributed by atoms with Gasteiger partial charge < -0.3 is 10.6 Å². The summed E-state index contributed by atoms with van der Waals surface area (Å²) in [7, 11) is 0. The Morgan fingerprint density at radius 1 is 1.20 bits per heavy atom. The maximum absolute atomic E-state index is 4.39. The minimum absolute atomic E-state index is 0.554. The minimum atomic E-state index is 0.554. The molecule has 5 nitrogen and oxygen atoms in total. The molecule has 2 rings (SSSR count). The second-order valence-electron chi connectivity index (χ2n) is 4.40. The van der Waals surface area contributed by atoms with Crippen LogP contribution in [0.25, 0.3) is 0 Å². The fourth-order valence-corrected chi connectivity index (χ4v) is 2.10. The highest BCUT2D eigenvalue weighted by molar-refractivity contribution is 9.10. The number of nitrogens with one attached hydrogen (secondary N) is 2.